The summed E-state index contributed by atoms with van der Waals surface area (Å²) in [5.41, 5.74) is 1.47. The van der Waals surface area contributed by atoms with Crippen LogP contribution in [0.15, 0.2) is 71.9 Å². The zero-order valence-corrected chi connectivity index (χ0v) is 15.5. The smallest absolute Gasteiger partial charge is 0.242 e. The summed E-state index contributed by atoms with van der Waals surface area (Å²) in [7, 11) is -3.62. The van der Waals surface area contributed by atoms with Crippen LogP contribution in [0.5, 0.6) is 5.88 Å². The molecule has 0 fully saturated rings. The molecular formula is C18H16N6O3S. The monoisotopic (exact) mass is 396 g/mol. The highest BCUT2D eigenvalue weighted by molar-refractivity contribution is 7.89. The third kappa shape index (κ3) is 3.82. The SMILES string of the molecule is O=S(=O)(NCCOc1ccc2nnc(-c3ccccc3)n2n1)c1cccnc1. The van der Waals surface area contributed by atoms with E-state index in [0.29, 0.717) is 17.4 Å². The van der Waals surface area contributed by atoms with Crippen LogP contribution < -0.4 is 9.46 Å². The summed E-state index contributed by atoms with van der Waals surface area (Å²) in [5.74, 6) is 0.934. The molecule has 3 aromatic heterocycles. The van der Waals surface area contributed by atoms with Gasteiger partial charge in [-0.1, -0.05) is 30.3 Å². The van der Waals surface area contributed by atoms with Crippen LogP contribution in [-0.4, -0.2) is 46.4 Å². The molecule has 0 spiro atoms. The molecule has 0 unspecified atom stereocenters. The normalized spacial score (nSPS) is 11.6. The van der Waals surface area contributed by atoms with Gasteiger partial charge in [0.15, 0.2) is 11.5 Å². The molecule has 0 bridgehead atoms. The van der Waals surface area contributed by atoms with Crippen molar-refractivity contribution in [1.29, 1.82) is 0 Å². The minimum Gasteiger partial charge on any atom is -0.475 e. The summed E-state index contributed by atoms with van der Waals surface area (Å²) in [4.78, 5) is 3.91. The summed E-state index contributed by atoms with van der Waals surface area (Å²) in [6.45, 7) is 0.200. The van der Waals surface area contributed by atoms with Crippen molar-refractivity contribution in [2.24, 2.45) is 0 Å². The van der Waals surface area contributed by atoms with Gasteiger partial charge in [-0.2, -0.15) is 4.52 Å². The van der Waals surface area contributed by atoms with E-state index in [9.17, 15) is 8.42 Å². The third-order valence-corrected chi connectivity index (χ3v) is 5.31. The molecule has 0 aliphatic carbocycles. The fourth-order valence-corrected chi connectivity index (χ4v) is 3.51. The van der Waals surface area contributed by atoms with Gasteiger partial charge in [-0.05, 0) is 18.2 Å². The Morgan fingerprint density at radius 1 is 1.00 bits per heavy atom. The van der Waals surface area contributed by atoms with Crippen molar-refractivity contribution in [1.82, 2.24) is 29.5 Å². The zero-order chi connectivity index (χ0) is 19.4. The Morgan fingerprint density at radius 3 is 2.64 bits per heavy atom. The third-order valence-electron chi connectivity index (χ3n) is 3.86. The van der Waals surface area contributed by atoms with Crippen molar-refractivity contribution in [3.8, 4) is 17.3 Å². The summed E-state index contributed by atoms with van der Waals surface area (Å²) in [6, 6.07) is 16.0. The van der Waals surface area contributed by atoms with E-state index in [0.717, 1.165) is 5.56 Å². The van der Waals surface area contributed by atoms with E-state index in [2.05, 4.69) is 25.0 Å². The van der Waals surface area contributed by atoms with Gasteiger partial charge in [-0.25, -0.2) is 13.1 Å². The van der Waals surface area contributed by atoms with Crippen molar-refractivity contribution in [2.45, 2.75) is 4.90 Å². The van der Waals surface area contributed by atoms with Crippen molar-refractivity contribution in [3.05, 3.63) is 67.0 Å². The molecule has 0 radical (unpaired) electrons. The molecule has 0 saturated heterocycles. The number of pyridine rings is 1. The van der Waals surface area contributed by atoms with Gasteiger partial charge in [-0.3, -0.25) is 4.98 Å². The number of hydrogen-bond acceptors (Lipinski definition) is 7. The summed E-state index contributed by atoms with van der Waals surface area (Å²) >= 11 is 0. The van der Waals surface area contributed by atoms with Gasteiger partial charge in [-0.15, -0.1) is 15.3 Å². The number of sulfonamides is 1. The highest BCUT2D eigenvalue weighted by Gasteiger charge is 2.13. The second-order valence-electron chi connectivity index (χ2n) is 5.77. The number of nitrogens with zero attached hydrogens (tertiary/aromatic N) is 5. The minimum absolute atomic E-state index is 0.0880. The minimum atomic E-state index is -3.62. The molecule has 0 aliphatic rings. The van der Waals surface area contributed by atoms with E-state index >= 15 is 0 Å². The second-order valence-corrected chi connectivity index (χ2v) is 7.53. The van der Waals surface area contributed by atoms with Gasteiger partial charge in [0.25, 0.3) is 0 Å². The number of fused-ring (bicyclic) bond motifs is 1. The van der Waals surface area contributed by atoms with Crippen LogP contribution >= 0.6 is 0 Å². The van der Waals surface area contributed by atoms with E-state index in [4.69, 9.17) is 4.74 Å². The van der Waals surface area contributed by atoms with E-state index in [-0.39, 0.29) is 18.0 Å². The first-order valence-corrected chi connectivity index (χ1v) is 9.92. The van der Waals surface area contributed by atoms with Crippen molar-refractivity contribution < 1.29 is 13.2 Å². The van der Waals surface area contributed by atoms with Crippen molar-refractivity contribution in [3.63, 3.8) is 0 Å². The fraction of sp³-hybridized carbons (Fsp3) is 0.111. The fourth-order valence-electron chi connectivity index (χ4n) is 2.54. The molecule has 0 atom stereocenters. The number of rotatable bonds is 7. The molecule has 1 N–H and O–H groups in total. The highest BCUT2D eigenvalue weighted by Crippen LogP contribution is 2.18. The lowest BCUT2D eigenvalue weighted by atomic mass is 10.2. The lowest BCUT2D eigenvalue weighted by molar-refractivity contribution is 0.306. The zero-order valence-electron chi connectivity index (χ0n) is 14.6. The van der Waals surface area contributed by atoms with E-state index in [1.165, 1.54) is 18.5 Å². The molecule has 4 rings (SSSR count). The molecule has 142 valence electrons. The van der Waals surface area contributed by atoms with Crippen LogP contribution in [0.3, 0.4) is 0 Å². The van der Waals surface area contributed by atoms with E-state index < -0.39 is 10.0 Å². The first-order chi connectivity index (χ1) is 13.6. The van der Waals surface area contributed by atoms with Crippen LogP contribution in [0.2, 0.25) is 0 Å². The maximum absolute atomic E-state index is 12.1. The maximum atomic E-state index is 12.1. The van der Waals surface area contributed by atoms with Crippen molar-refractivity contribution >= 4 is 15.7 Å². The predicted octanol–water partition coefficient (Wildman–Crippen LogP) is 1.54. The van der Waals surface area contributed by atoms with Crippen molar-refractivity contribution in [2.75, 3.05) is 13.2 Å². The molecule has 10 heteroatoms. The quantitative estimate of drug-likeness (QED) is 0.472. The average Bonchev–Trinajstić information content (AvgIpc) is 3.16. The molecule has 0 saturated carbocycles. The highest BCUT2D eigenvalue weighted by atomic mass is 32.2. The molecule has 28 heavy (non-hydrogen) atoms. The number of aromatic nitrogens is 5. The molecule has 1 aromatic carbocycles. The Balaban J connectivity index is 1.43. The molecular weight excluding hydrogens is 380 g/mol. The Hall–Kier alpha value is -3.37. The maximum Gasteiger partial charge on any atom is 0.242 e. The Morgan fingerprint density at radius 2 is 1.86 bits per heavy atom. The predicted molar refractivity (Wildman–Crippen MR) is 101 cm³/mol. The van der Waals surface area contributed by atoms with Gasteiger partial charge < -0.3 is 4.74 Å². The van der Waals surface area contributed by atoms with E-state index in [1.54, 1.807) is 22.7 Å². The van der Waals surface area contributed by atoms with Crippen LogP contribution in [0.1, 0.15) is 0 Å². The van der Waals surface area contributed by atoms with E-state index in [1.807, 2.05) is 30.3 Å². The molecule has 3 heterocycles. The molecule has 9 nitrogen and oxygen atoms in total. The number of nitrogens with one attached hydrogen (secondary N) is 1. The average molecular weight is 396 g/mol. The largest absolute Gasteiger partial charge is 0.475 e. The number of hydrogen-bond donors (Lipinski definition) is 1. The van der Waals surface area contributed by atoms with Gasteiger partial charge in [0.05, 0.1) is 0 Å². The van der Waals surface area contributed by atoms with Crippen LogP contribution in [0, 0.1) is 0 Å². The van der Waals surface area contributed by atoms with Gasteiger partial charge in [0.2, 0.25) is 15.9 Å². The molecule has 0 aliphatic heterocycles. The lowest BCUT2D eigenvalue weighted by Gasteiger charge is -2.08. The van der Waals surface area contributed by atoms with Crippen LogP contribution in [-0.2, 0) is 10.0 Å². The second kappa shape index (κ2) is 7.71. The first-order valence-electron chi connectivity index (χ1n) is 8.44. The lowest BCUT2D eigenvalue weighted by Crippen LogP contribution is -2.28. The van der Waals surface area contributed by atoms with Gasteiger partial charge in [0.1, 0.15) is 11.5 Å². The summed E-state index contributed by atoms with van der Waals surface area (Å²) in [6.07, 6.45) is 2.80. The summed E-state index contributed by atoms with van der Waals surface area (Å²) < 4.78 is 33.9. The standard InChI is InChI=1S/C18H16N6O3S/c25-28(26,15-7-4-10-19-13-15)20-11-12-27-17-9-8-16-21-22-18(24(16)23-17)14-5-2-1-3-6-14/h1-10,13,20H,11-12H2. The number of benzene rings is 1. The first kappa shape index (κ1) is 18.0. The number of ether oxygens (including phenoxy) is 1. The van der Waals surface area contributed by atoms with Gasteiger partial charge in [0, 0.05) is 30.6 Å². The van der Waals surface area contributed by atoms with Gasteiger partial charge >= 0.3 is 0 Å². The topological polar surface area (TPSA) is 111 Å². The Labute approximate surface area is 161 Å². The van der Waals surface area contributed by atoms with Crippen LogP contribution in [0.4, 0.5) is 0 Å². The molecule has 4 aromatic rings. The Kier molecular flexibility index (Phi) is 4.96. The van der Waals surface area contributed by atoms with Crippen LogP contribution in [0.25, 0.3) is 17.0 Å². The molecule has 0 amide bonds. The Bertz CT molecular complexity index is 1180. The summed E-state index contributed by atoms with van der Waals surface area (Å²) in [5, 5.41) is 12.6.